The van der Waals surface area contributed by atoms with E-state index in [1.165, 1.54) is 18.4 Å². The summed E-state index contributed by atoms with van der Waals surface area (Å²) >= 11 is 0. The average molecular weight is 341 g/mol. The Morgan fingerprint density at radius 2 is 2.00 bits per heavy atom. The molecule has 2 rings (SSSR count). The maximum absolute atomic E-state index is 12.7. The van der Waals surface area contributed by atoms with Gasteiger partial charge in [-0.3, -0.25) is 4.90 Å². The lowest BCUT2D eigenvalue weighted by atomic mass is 10.1. The average Bonchev–Trinajstić information content (AvgIpc) is 2.95. The number of hydrogen-bond acceptors (Lipinski definition) is 4. The van der Waals surface area contributed by atoms with Gasteiger partial charge in [-0.2, -0.15) is 13.2 Å². The lowest BCUT2D eigenvalue weighted by Gasteiger charge is -2.17. The third-order valence-corrected chi connectivity index (χ3v) is 3.36. The summed E-state index contributed by atoms with van der Waals surface area (Å²) in [4.78, 5) is 13.6. The Kier molecular flexibility index (Phi) is 5.66. The van der Waals surface area contributed by atoms with E-state index in [1.54, 1.807) is 24.9 Å². The molecule has 24 heavy (non-hydrogen) atoms. The number of carbonyl (C=O) groups is 1. The van der Waals surface area contributed by atoms with Gasteiger partial charge in [-0.1, -0.05) is 18.2 Å². The molecular weight excluding hydrogens is 323 g/mol. The first-order valence-corrected chi connectivity index (χ1v) is 7.39. The summed E-state index contributed by atoms with van der Waals surface area (Å²) in [5.41, 5.74) is 0.169. The number of esters is 1. The van der Waals surface area contributed by atoms with Gasteiger partial charge in [-0.15, -0.1) is 0 Å². The van der Waals surface area contributed by atoms with Crippen molar-refractivity contribution in [1.82, 2.24) is 4.90 Å². The van der Waals surface area contributed by atoms with Crippen LogP contribution in [0.15, 0.2) is 41.0 Å². The van der Waals surface area contributed by atoms with Gasteiger partial charge in [0.15, 0.2) is 0 Å². The molecule has 0 bridgehead atoms. The fraction of sp³-hybridized carbons (Fsp3) is 0.353. The summed E-state index contributed by atoms with van der Waals surface area (Å²) in [6.45, 7) is 2.52. The maximum Gasteiger partial charge on any atom is 0.416 e. The van der Waals surface area contributed by atoms with Gasteiger partial charge in [0.1, 0.15) is 11.3 Å². The Morgan fingerprint density at radius 3 is 2.67 bits per heavy atom. The molecule has 0 radical (unpaired) electrons. The molecule has 0 aliphatic carbocycles. The van der Waals surface area contributed by atoms with E-state index in [4.69, 9.17) is 9.15 Å². The van der Waals surface area contributed by atoms with Crippen molar-refractivity contribution in [3.63, 3.8) is 0 Å². The van der Waals surface area contributed by atoms with Gasteiger partial charge in [0.25, 0.3) is 0 Å². The van der Waals surface area contributed by atoms with E-state index >= 15 is 0 Å². The van der Waals surface area contributed by atoms with Crippen LogP contribution in [0.4, 0.5) is 13.2 Å². The van der Waals surface area contributed by atoms with Crippen molar-refractivity contribution in [3.05, 3.63) is 59.0 Å². The number of rotatable bonds is 6. The zero-order chi connectivity index (χ0) is 17.7. The van der Waals surface area contributed by atoms with Crippen molar-refractivity contribution >= 4 is 5.97 Å². The molecule has 1 heterocycles. The standard InChI is InChI=1S/C17H18F3NO3/c1-3-23-16(22)14-7-8-24-15(14)11-21(2)10-12-5-4-6-13(9-12)17(18,19)20/h4-9H,3,10-11H2,1-2H3. The van der Waals surface area contributed by atoms with E-state index in [1.807, 2.05) is 0 Å². The minimum Gasteiger partial charge on any atom is -0.467 e. The van der Waals surface area contributed by atoms with Crippen molar-refractivity contribution < 1.29 is 27.1 Å². The summed E-state index contributed by atoms with van der Waals surface area (Å²) in [5.74, 6) is -0.0587. The Hall–Kier alpha value is -2.28. The Labute approximate surface area is 137 Å². The Bertz CT molecular complexity index is 694. The highest BCUT2D eigenvalue weighted by Crippen LogP contribution is 2.29. The van der Waals surface area contributed by atoms with E-state index in [0.29, 0.717) is 16.9 Å². The van der Waals surface area contributed by atoms with Crippen LogP contribution in [0.1, 0.15) is 34.2 Å². The van der Waals surface area contributed by atoms with Crippen molar-refractivity contribution in [2.75, 3.05) is 13.7 Å². The van der Waals surface area contributed by atoms with Gasteiger partial charge in [0, 0.05) is 6.54 Å². The van der Waals surface area contributed by atoms with Crippen molar-refractivity contribution in [2.45, 2.75) is 26.2 Å². The van der Waals surface area contributed by atoms with Crippen LogP contribution >= 0.6 is 0 Å². The summed E-state index contributed by atoms with van der Waals surface area (Å²) < 4.78 is 48.5. The quantitative estimate of drug-likeness (QED) is 0.742. The monoisotopic (exact) mass is 341 g/mol. The van der Waals surface area contributed by atoms with Gasteiger partial charge in [-0.25, -0.2) is 4.79 Å². The summed E-state index contributed by atoms with van der Waals surface area (Å²) in [5, 5.41) is 0. The number of nitrogens with zero attached hydrogens (tertiary/aromatic N) is 1. The zero-order valence-electron chi connectivity index (χ0n) is 13.4. The molecular formula is C17H18F3NO3. The van der Waals surface area contributed by atoms with Crippen LogP contribution < -0.4 is 0 Å². The normalized spacial score (nSPS) is 11.8. The molecule has 0 aliphatic heterocycles. The summed E-state index contributed by atoms with van der Waals surface area (Å²) in [6, 6.07) is 6.67. The van der Waals surface area contributed by atoms with Gasteiger partial charge >= 0.3 is 12.1 Å². The number of alkyl halides is 3. The molecule has 0 fully saturated rings. The molecule has 0 spiro atoms. The highest BCUT2D eigenvalue weighted by atomic mass is 19.4. The molecule has 2 aromatic rings. The van der Waals surface area contributed by atoms with Crippen LogP contribution in [-0.2, 0) is 24.0 Å². The molecule has 0 saturated carbocycles. The largest absolute Gasteiger partial charge is 0.467 e. The second-order valence-corrected chi connectivity index (χ2v) is 5.35. The molecule has 0 saturated heterocycles. The second-order valence-electron chi connectivity index (χ2n) is 5.35. The number of halogens is 3. The van der Waals surface area contributed by atoms with Gasteiger partial charge in [0.2, 0.25) is 0 Å². The molecule has 7 heteroatoms. The third kappa shape index (κ3) is 4.61. The van der Waals surface area contributed by atoms with E-state index in [9.17, 15) is 18.0 Å². The van der Waals surface area contributed by atoms with Crippen LogP contribution in [0.2, 0.25) is 0 Å². The fourth-order valence-corrected chi connectivity index (χ4v) is 2.31. The highest BCUT2D eigenvalue weighted by molar-refractivity contribution is 5.90. The van der Waals surface area contributed by atoms with E-state index in [-0.39, 0.29) is 19.7 Å². The number of furan rings is 1. The van der Waals surface area contributed by atoms with Crippen LogP contribution in [0.5, 0.6) is 0 Å². The molecule has 1 aromatic heterocycles. The number of ether oxygens (including phenoxy) is 1. The van der Waals surface area contributed by atoms with Crippen LogP contribution in [-0.4, -0.2) is 24.5 Å². The van der Waals surface area contributed by atoms with Crippen LogP contribution in [0.25, 0.3) is 0 Å². The third-order valence-electron chi connectivity index (χ3n) is 3.36. The summed E-state index contributed by atoms with van der Waals surface area (Å²) in [6.07, 6.45) is -2.98. The van der Waals surface area contributed by atoms with E-state index < -0.39 is 17.7 Å². The zero-order valence-corrected chi connectivity index (χ0v) is 13.4. The molecule has 1 aromatic carbocycles. The SMILES string of the molecule is CCOC(=O)c1ccoc1CN(C)Cc1cccc(C(F)(F)F)c1. The molecule has 0 amide bonds. The van der Waals surface area contributed by atoms with Gasteiger partial charge in [0.05, 0.1) is 25.0 Å². The molecule has 130 valence electrons. The van der Waals surface area contributed by atoms with Crippen molar-refractivity contribution in [2.24, 2.45) is 0 Å². The van der Waals surface area contributed by atoms with Crippen LogP contribution in [0.3, 0.4) is 0 Å². The van der Waals surface area contributed by atoms with E-state index in [2.05, 4.69) is 0 Å². The number of carbonyl (C=O) groups excluding carboxylic acids is 1. The topological polar surface area (TPSA) is 42.7 Å². The van der Waals surface area contributed by atoms with Crippen molar-refractivity contribution in [1.29, 1.82) is 0 Å². The fourth-order valence-electron chi connectivity index (χ4n) is 2.31. The maximum atomic E-state index is 12.7. The smallest absolute Gasteiger partial charge is 0.416 e. The second kappa shape index (κ2) is 7.53. The lowest BCUT2D eigenvalue weighted by Crippen LogP contribution is -2.19. The van der Waals surface area contributed by atoms with Gasteiger partial charge < -0.3 is 9.15 Å². The molecule has 0 aliphatic rings. The molecule has 4 nitrogen and oxygen atoms in total. The number of hydrogen-bond donors (Lipinski definition) is 0. The molecule has 0 atom stereocenters. The lowest BCUT2D eigenvalue weighted by molar-refractivity contribution is -0.137. The molecule has 0 unspecified atom stereocenters. The first kappa shape index (κ1) is 18.1. The van der Waals surface area contributed by atoms with Crippen LogP contribution in [0, 0.1) is 0 Å². The Morgan fingerprint density at radius 1 is 1.25 bits per heavy atom. The van der Waals surface area contributed by atoms with Gasteiger partial charge in [-0.05, 0) is 31.7 Å². The van der Waals surface area contributed by atoms with E-state index in [0.717, 1.165) is 12.1 Å². The van der Waals surface area contributed by atoms with Crippen molar-refractivity contribution in [3.8, 4) is 0 Å². The minimum atomic E-state index is -4.37. The molecule has 0 N–H and O–H groups in total. The predicted molar refractivity (Wildman–Crippen MR) is 81.3 cm³/mol. The summed E-state index contributed by atoms with van der Waals surface area (Å²) in [7, 11) is 1.73. The Balaban J connectivity index is 2.06. The first-order valence-electron chi connectivity index (χ1n) is 7.39. The predicted octanol–water partition coefficient (Wildman–Crippen LogP) is 4.11. The minimum absolute atomic E-state index is 0.253. The number of benzene rings is 1. The first-order chi connectivity index (χ1) is 11.3. The highest BCUT2D eigenvalue weighted by Gasteiger charge is 2.30.